The number of halogens is 2. The van der Waals surface area contributed by atoms with Gasteiger partial charge < -0.3 is 4.98 Å². The second kappa shape index (κ2) is 11.8. The van der Waals surface area contributed by atoms with Gasteiger partial charge in [-0.15, -0.1) is 0 Å². The molecule has 0 fully saturated rings. The summed E-state index contributed by atoms with van der Waals surface area (Å²) >= 11 is 0. The van der Waals surface area contributed by atoms with Gasteiger partial charge in [-0.1, -0.05) is 63.8 Å². The lowest BCUT2D eigenvalue weighted by atomic mass is 9.58. The predicted octanol–water partition coefficient (Wildman–Crippen LogP) is 6.27. The molecule has 0 bridgehead atoms. The number of rotatable bonds is 12. The molecule has 0 atom stereocenters. The van der Waals surface area contributed by atoms with Crippen LogP contribution in [0.3, 0.4) is 0 Å². The van der Waals surface area contributed by atoms with Crippen LogP contribution in [-0.4, -0.2) is 17.2 Å². The maximum atomic E-state index is 13.5. The number of H-pyrrole nitrogens is 1. The van der Waals surface area contributed by atoms with Gasteiger partial charge in [0.1, 0.15) is 11.6 Å². The Hall–Kier alpha value is -2.43. The van der Waals surface area contributed by atoms with E-state index in [0.29, 0.717) is 0 Å². The molecule has 1 heterocycles. The quantitative estimate of drug-likeness (QED) is 0.271. The molecule has 0 spiro atoms. The predicted molar refractivity (Wildman–Crippen MR) is 125 cm³/mol. The fourth-order valence-corrected chi connectivity index (χ4v) is 3.94. The van der Waals surface area contributed by atoms with Crippen molar-refractivity contribution in [2.45, 2.75) is 71.0 Å². The molecule has 2 aromatic carbocycles. The number of unbranched alkanes of at least 4 members (excludes halogenated alkanes) is 4. The molecule has 0 aliphatic heterocycles. The highest BCUT2D eigenvalue weighted by molar-refractivity contribution is 6.53. The van der Waals surface area contributed by atoms with Crippen molar-refractivity contribution in [3.05, 3.63) is 82.7 Å². The first-order valence-corrected chi connectivity index (χ1v) is 11.5. The standard InChI is InChI=1S/C26H32BF2N2/c1-3-5-7-9-23-24(10-8-6-4-2)31-26(30-23)27-25(19-11-15-21(28)16-12-19)20-13-17-22(29)18-14-20/h11-18,25H,3-10H2,1-2H3,(H,30,31). The summed E-state index contributed by atoms with van der Waals surface area (Å²) in [6.45, 7) is 4.42. The minimum Gasteiger partial charge on any atom is -0.354 e. The Labute approximate surface area is 185 Å². The minimum absolute atomic E-state index is 0.140. The molecule has 163 valence electrons. The number of nitrogens with one attached hydrogen (secondary N) is 1. The molecule has 0 unspecified atom stereocenters. The maximum absolute atomic E-state index is 13.5. The van der Waals surface area contributed by atoms with Crippen LogP contribution in [0.15, 0.2) is 48.5 Å². The number of benzene rings is 2. The third-order valence-corrected chi connectivity index (χ3v) is 5.71. The number of imidazole rings is 1. The normalized spacial score (nSPS) is 11.3. The van der Waals surface area contributed by atoms with E-state index in [9.17, 15) is 8.78 Å². The zero-order valence-electron chi connectivity index (χ0n) is 18.6. The average molecular weight is 421 g/mol. The van der Waals surface area contributed by atoms with E-state index >= 15 is 0 Å². The third-order valence-electron chi connectivity index (χ3n) is 5.71. The van der Waals surface area contributed by atoms with Crippen LogP contribution in [-0.2, 0) is 12.8 Å². The van der Waals surface area contributed by atoms with E-state index in [2.05, 4.69) is 26.1 Å². The molecule has 0 saturated heterocycles. The van der Waals surface area contributed by atoms with Crippen LogP contribution in [0.1, 0.15) is 80.7 Å². The molecule has 0 amide bonds. The van der Waals surface area contributed by atoms with Gasteiger partial charge in [0.15, 0.2) is 0 Å². The fraction of sp³-hybridized carbons (Fsp3) is 0.423. The molecule has 0 aliphatic carbocycles. The van der Waals surface area contributed by atoms with E-state index < -0.39 is 0 Å². The number of aryl methyl sites for hydroxylation is 2. The Morgan fingerprint density at radius 1 is 0.774 bits per heavy atom. The first kappa shape index (κ1) is 23.2. The summed E-state index contributed by atoms with van der Waals surface area (Å²) in [5, 5.41) is 0. The van der Waals surface area contributed by atoms with Gasteiger partial charge in [0.2, 0.25) is 7.28 Å². The molecule has 31 heavy (non-hydrogen) atoms. The van der Waals surface area contributed by atoms with Crippen molar-refractivity contribution < 1.29 is 8.78 Å². The van der Waals surface area contributed by atoms with E-state index in [-0.39, 0.29) is 17.5 Å². The van der Waals surface area contributed by atoms with Gasteiger partial charge in [-0.2, -0.15) is 0 Å². The van der Waals surface area contributed by atoms with Crippen LogP contribution in [0, 0.1) is 11.6 Å². The summed E-state index contributed by atoms with van der Waals surface area (Å²) < 4.78 is 27.0. The summed E-state index contributed by atoms with van der Waals surface area (Å²) in [5.74, 6) is -0.675. The smallest absolute Gasteiger partial charge is 0.215 e. The van der Waals surface area contributed by atoms with Gasteiger partial charge >= 0.3 is 0 Å². The van der Waals surface area contributed by atoms with Gasteiger partial charge in [-0.05, 0) is 66.9 Å². The van der Waals surface area contributed by atoms with Gasteiger partial charge in [0.25, 0.3) is 0 Å². The molecule has 3 rings (SSSR count). The molecule has 1 radical (unpaired) electrons. The van der Waals surface area contributed by atoms with Crippen molar-refractivity contribution >= 4 is 13.0 Å². The van der Waals surface area contributed by atoms with Crippen LogP contribution < -0.4 is 5.72 Å². The highest BCUT2D eigenvalue weighted by Gasteiger charge is 2.20. The summed E-state index contributed by atoms with van der Waals surface area (Å²) in [6.07, 6.45) is 9.07. The number of aromatic nitrogens is 2. The Morgan fingerprint density at radius 3 is 1.81 bits per heavy atom. The number of aromatic amines is 1. The topological polar surface area (TPSA) is 28.7 Å². The monoisotopic (exact) mass is 421 g/mol. The van der Waals surface area contributed by atoms with Crippen molar-refractivity contribution in [3.63, 3.8) is 0 Å². The molecule has 1 N–H and O–H groups in total. The number of nitrogens with zero attached hydrogens (tertiary/aromatic N) is 1. The molecule has 1 aromatic heterocycles. The molecule has 3 aromatic rings. The van der Waals surface area contributed by atoms with Crippen molar-refractivity contribution in [3.8, 4) is 0 Å². The van der Waals surface area contributed by atoms with Crippen LogP contribution in [0.25, 0.3) is 0 Å². The fourth-order valence-electron chi connectivity index (χ4n) is 3.94. The average Bonchev–Trinajstić information content (AvgIpc) is 3.15. The molecule has 2 nitrogen and oxygen atoms in total. The molecular formula is C26H32BF2N2. The molecule has 5 heteroatoms. The third kappa shape index (κ3) is 6.78. The first-order chi connectivity index (χ1) is 15.1. The summed E-state index contributed by atoms with van der Waals surface area (Å²) in [6, 6.07) is 13.0. The van der Waals surface area contributed by atoms with Crippen LogP contribution in [0.4, 0.5) is 8.78 Å². The molecule has 0 aliphatic rings. The lowest BCUT2D eigenvalue weighted by Crippen LogP contribution is -2.26. The molecule has 0 saturated carbocycles. The van der Waals surface area contributed by atoms with Crippen LogP contribution in [0.5, 0.6) is 0 Å². The zero-order valence-corrected chi connectivity index (χ0v) is 18.6. The number of hydrogen-bond donors (Lipinski definition) is 1. The second-order valence-electron chi connectivity index (χ2n) is 8.21. The lowest BCUT2D eigenvalue weighted by Gasteiger charge is -2.16. The van der Waals surface area contributed by atoms with Gasteiger partial charge in [-0.3, -0.25) is 0 Å². The SMILES string of the molecule is CCCCCc1nc([B]C(c2ccc(F)cc2)c2ccc(F)cc2)[nH]c1CCCCC. The van der Waals surface area contributed by atoms with Gasteiger partial charge in [-0.25, -0.2) is 13.8 Å². The Balaban J connectivity index is 1.87. The Bertz CT molecular complexity index is 847. The zero-order chi connectivity index (χ0) is 22.1. The van der Waals surface area contributed by atoms with E-state index in [1.54, 1.807) is 24.3 Å². The highest BCUT2D eigenvalue weighted by Crippen LogP contribution is 2.24. The first-order valence-electron chi connectivity index (χ1n) is 11.5. The van der Waals surface area contributed by atoms with E-state index in [4.69, 9.17) is 4.98 Å². The lowest BCUT2D eigenvalue weighted by molar-refractivity contribution is 0.626. The van der Waals surface area contributed by atoms with Gasteiger partial charge in [0.05, 0.1) is 11.4 Å². The highest BCUT2D eigenvalue weighted by atomic mass is 19.1. The van der Waals surface area contributed by atoms with E-state index in [1.165, 1.54) is 55.6 Å². The van der Waals surface area contributed by atoms with Crippen LogP contribution >= 0.6 is 0 Å². The largest absolute Gasteiger partial charge is 0.354 e. The number of hydrogen-bond acceptors (Lipinski definition) is 1. The van der Waals surface area contributed by atoms with Crippen LogP contribution in [0.2, 0.25) is 0 Å². The van der Waals surface area contributed by atoms with Gasteiger partial charge in [0, 0.05) is 5.69 Å². The second-order valence-corrected chi connectivity index (χ2v) is 8.21. The summed E-state index contributed by atoms with van der Waals surface area (Å²) in [5.41, 5.74) is 5.12. The maximum Gasteiger partial charge on any atom is 0.215 e. The van der Waals surface area contributed by atoms with Crippen molar-refractivity contribution in [2.24, 2.45) is 0 Å². The molecular weight excluding hydrogens is 389 g/mol. The van der Waals surface area contributed by atoms with Crippen molar-refractivity contribution in [1.82, 2.24) is 9.97 Å². The van der Waals surface area contributed by atoms with E-state index in [0.717, 1.165) is 48.2 Å². The Morgan fingerprint density at radius 2 is 1.29 bits per heavy atom. The minimum atomic E-state index is -0.268. The summed E-state index contributed by atoms with van der Waals surface area (Å²) in [4.78, 5) is 8.47. The van der Waals surface area contributed by atoms with Crippen molar-refractivity contribution in [2.75, 3.05) is 0 Å². The Kier molecular flexibility index (Phi) is 8.87. The van der Waals surface area contributed by atoms with Crippen molar-refractivity contribution in [1.29, 1.82) is 0 Å². The van der Waals surface area contributed by atoms with E-state index in [1.807, 2.05) is 0 Å². The summed E-state index contributed by atoms with van der Waals surface area (Å²) in [7, 11) is 2.08.